The Labute approximate surface area is 170 Å². The summed E-state index contributed by atoms with van der Waals surface area (Å²) in [5.74, 6) is -0.384. The molecule has 0 aliphatic heterocycles. The highest BCUT2D eigenvalue weighted by Gasteiger charge is 2.25. The Hall–Kier alpha value is -1.60. The number of nitrogens with zero attached hydrogens (tertiary/aromatic N) is 1. The Morgan fingerprint density at radius 3 is 2.30 bits per heavy atom. The predicted molar refractivity (Wildman–Crippen MR) is 109 cm³/mol. The molecule has 0 radical (unpaired) electrons. The van der Waals surface area contributed by atoms with E-state index in [0.717, 1.165) is 9.87 Å². The van der Waals surface area contributed by atoms with Crippen molar-refractivity contribution < 1.29 is 13.2 Å². The lowest BCUT2D eigenvalue weighted by molar-refractivity contribution is -0.121. The van der Waals surface area contributed by atoms with Crippen molar-refractivity contribution in [2.75, 3.05) is 20.1 Å². The van der Waals surface area contributed by atoms with Crippen molar-refractivity contribution in [3.05, 3.63) is 64.1 Å². The molecule has 0 saturated heterocycles. The smallest absolute Gasteiger partial charge is 0.243 e. The maximum absolute atomic E-state index is 12.5. The SMILES string of the molecule is CN(CC(=O)NCC(C)(C)c1cccc(Cl)c1)S(=O)(=O)c1ccc(Cl)cc1. The van der Waals surface area contributed by atoms with Crippen molar-refractivity contribution >= 4 is 39.1 Å². The molecule has 0 saturated carbocycles. The molecule has 0 fully saturated rings. The lowest BCUT2D eigenvalue weighted by atomic mass is 9.84. The van der Waals surface area contributed by atoms with Gasteiger partial charge in [0.25, 0.3) is 0 Å². The molecule has 0 atom stereocenters. The summed E-state index contributed by atoms with van der Waals surface area (Å²) in [6.45, 7) is 4.03. The van der Waals surface area contributed by atoms with E-state index in [4.69, 9.17) is 23.2 Å². The molecular weight excluding hydrogens is 407 g/mol. The fourth-order valence-electron chi connectivity index (χ4n) is 2.46. The number of sulfonamides is 1. The zero-order valence-corrected chi connectivity index (χ0v) is 17.7. The van der Waals surface area contributed by atoms with Crippen LogP contribution in [0.15, 0.2) is 53.4 Å². The van der Waals surface area contributed by atoms with Gasteiger partial charge in [-0.25, -0.2) is 8.42 Å². The Bertz CT molecular complexity index is 913. The first kappa shape index (κ1) is 21.7. The van der Waals surface area contributed by atoms with Crippen molar-refractivity contribution in [3.63, 3.8) is 0 Å². The van der Waals surface area contributed by atoms with Gasteiger partial charge in [0.1, 0.15) is 0 Å². The Balaban J connectivity index is 1.99. The second-order valence-corrected chi connectivity index (χ2v) is 9.80. The van der Waals surface area contributed by atoms with E-state index in [1.165, 1.54) is 31.3 Å². The summed E-state index contributed by atoms with van der Waals surface area (Å²) < 4.78 is 26.1. The van der Waals surface area contributed by atoms with Gasteiger partial charge in [-0.1, -0.05) is 49.2 Å². The molecule has 5 nitrogen and oxygen atoms in total. The molecule has 8 heteroatoms. The molecule has 0 aliphatic rings. The molecule has 0 aliphatic carbocycles. The summed E-state index contributed by atoms with van der Waals surface area (Å²) in [4.78, 5) is 12.4. The fraction of sp³-hybridized carbons (Fsp3) is 0.316. The van der Waals surface area contributed by atoms with Crippen LogP contribution >= 0.6 is 23.2 Å². The van der Waals surface area contributed by atoms with Crippen LogP contribution in [0.2, 0.25) is 10.0 Å². The monoisotopic (exact) mass is 428 g/mol. The highest BCUT2D eigenvalue weighted by Crippen LogP contribution is 2.25. The van der Waals surface area contributed by atoms with E-state index in [0.29, 0.717) is 16.6 Å². The topological polar surface area (TPSA) is 66.5 Å². The maximum Gasteiger partial charge on any atom is 0.243 e. The van der Waals surface area contributed by atoms with Gasteiger partial charge in [-0.15, -0.1) is 0 Å². The molecule has 1 N–H and O–H groups in total. The van der Waals surface area contributed by atoms with Gasteiger partial charge < -0.3 is 5.32 Å². The van der Waals surface area contributed by atoms with Crippen LogP contribution in [-0.4, -0.2) is 38.8 Å². The van der Waals surface area contributed by atoms with E-state index < -0.39 is 10.0 Å². The third-order valence-corrected chi connectivity index (χ3v) is 6.53. The van der Waals surface area contributed by atoms with Gasteiger partial charge in [0, 0.05) is 29.1 Å². The van der Waals surface area contributed by atoms with Crippen LogP contribution in [0.5, 0.6) is 0 Å². The van der Waals surface area contributed by atoms with E-state index >= 15 is 0 Å². The summed E-state index contributed by atoms with van der Waals surface area (Å²) in [7, 11) is -2.40. The number of rotatable bonds is 7. The highest BCUT2D eigenvalue weighted by molar-refractivity contribution is 7.89. The summed E-state index contributed by atoms with van der Waals surface area (Å²) >= 11 is 11.8. The number of amides is 1. The number of benzene rings is 2. The van der Waals surface area contributed by atoms with Crippen LogP contribution in [0.4, 0.5) is 0 Å². The number of hydrogen-bond donors (Lipinski definition) is 1. The van der Waals surface area contributed by atoms with Crippen molar-refractivity contribution in [1.82, 2.24) is 9.62 Å². The van der Waals surface area contributed by atoms with E-state index in [1.807, 2.05) is 32.0 Å². The molecular formula is C19H22Cl2N2O3S. The number of nitrogens with one attached hydrogen (secondary N) is 1. The molecule has 0 unspecified atom stereocenters. The number of carbonyl (C=O) groups is 1. The number of halogens is 2. The second-order valence-electron chi connectivity index (χ2n) is 6.89. The number of hydrogen-bond acceptors (Lipinski definition) is 3. The summed E-state index contributed by atoms with van der Waals surface area (Å²) in [5, 5.41) is 3.86. The van der Waals surface area contributed by atoms with Crippen molar-refractivity contribution in [1.29, 1.82) is 0 Å². The van der Waals surface area contributed by atoms with E-state index in [-0.39, 0.29) is 22.8 Å². The van der Waals surface area contributed by atoms with Crippen molar-refractivity contribution in [2.24, 2.45) is 0 Å². The van der Waals surface area contributed by atoms with E-state index in [9.17, 15) is 13.2 Å². The maximum atomic E-state index is 12.5. The molecule has 27 heavy (non-hydrogen) atoms. The average Bonchev–Trinajstić information content (AvgIpc) is 2.60. The molecule has 1 amide bonds. The molecule has 0 aromatic heterocycles. The Morgan fingerprint density at radius 1 is 1.07 bits per heavy atom. The predicted octanol–water partition coefficient (Wildman–Crippen LogP) is 3.71. The summed E-state index contributed by atoms with van der Waals surface area (Å²) in [6.07, 6.45) is 0. The first-order valence-corrected chi connectivity index (χ1v) is 10.5. The van der Waals surface area contributed by atoms with Crippen LogP contribution in [0, 0.1) is 0 Å². The van der Waals surface area contributed by atoms with Crippen LogP contribution in [-0.2, 0) is 20.2 Å². The Morgan fingerprint density at radius 2 is 1.70 bits per heavy atom. The minimum Gasteiger partial charge on any atom is -0.354 e. The van der Waals surface area contributed by atoms with Crippen LogP contribution in [0.1, 0.15) is 19.4 Å². The van der Waals surface area contributed by atoms with Gasteiger partial charge in [-0.2, -0.15) is 4.31 Å². The molecule has 2 aromatic carbocycles. The fourth-order valence-corrected chi connectivity index (χ4v) is 3.90. The number of carbonyl (C=O) groups excluding carboxylic acids is 1. The lowest BCUT2D eigenvalue weighted by Gasteiger charge is -2.26. The zero-order valence-electron chi connectivity index (χ0n) is 15.4. The van der Waals surface area contributed by atoms with E-state index in [1.54, 1.807) is 6.07 Å². The third-order valence-electron chi connectivity index (χ3n) is 4.22. The lowest BCUT2D eigenvalue weighted by Crippen LogP contribution is -2.42. The third kappa shape index (κ3) is 5.69. The first-order chi connectivity index (χ1) is 12.5. The summed E-state index contributed by atoms with van der Waals surface area (Å²) in [6, 6.07) is 13.2. The van der Waals surface area contributed by atoms with Gasteiger partial charge in [0.05, 0.1) is 11.4 Å². The van der Waals surface area contributed by atoms with E-state index in [2.05, 4.69) is 5.32 Å². The first-order valence-electron chi connectivity index (χ1n) is 8.27. The largest absolute Gasteiger partial charge is 0.354 e. The molecule has 0 heterocycles. The minimum absolute atomic E-state index is 0.0847. The second kappa shape index (κ2) is 8.61. The average molecular weight is 429 g/mol. The molecule has 2 aromatic rings. The van der Waals surface area contributed by atoms with Crippen LogP contribution < -0.4 is 5.32 Å². The van der Waals surface area contributed by atoms with Crippen molar-refractivity contribution in [2.45, 2.75) is 24.2 Å². The quantitative estimate of drug-likeness (QED) is 0.730. The van der Waals surface area contributed by atoms with Crippen LogP contribution in [0.3, 0.4) is 0 Å². The molecule has 2 rings (SSSR count). The molecule has 0 spiro atoms. The Kier molecular flexibility index (Phi) is 6.92. The van der Waals surface area contributed by atoms with Crippen LogP contribution in [0.25, 0.3) is 0 Å². The van der Waals surface area contributed by atoms with Gasteiger partial charge in [0.2, 0.25) is 15.9 Å². The van der Waals surface area contributed by atoms with Gasteiger partial charge in [0.15, 0.2) is 0 Å². The van der Waals surface area contributed by atoms with Crippen molar-refractivity contribution in [3.8, 4) is 0 Å². The standard InChI is InChI=1S/C19H22Cl2N2O3S/c1-19(2,14-5-4-6-16(21)11-14)13-22-18(24)12-23(3)27(25,26)17-9-7-15(20)8-10-17/h4-11H,12-13H2,1-3H3,(H,22,24). The molecule has 146 valence electrons. The van der Waals surface area contributed by atoms with Gasteiger partial charge >= 0.3 is 0 Å². The minimum atomic E-state index is -3.77. The highest BCUT2D eigenvalue weighted by atomic mass is 35.5. The summed E-state index contributed by atoms with van der Waals surface area (Å²) in [5.41, 5.74) is 0.631. The van der Waals surface area contributed by atoms with Gasteiger partial charge in [-0.05, 0) is 42.0 Å². The van der Waals surface area contributed by atoms with Gasteiger partial charge in [-0.3, -0.25) is 4.79 Å². The zero-order chi connectivity index (χ0) is 20.2. The number of likely N-dealkylation sites (N-methyl/N-ethyl adjacent to an activating group) is 1. The normalized spacial score (nSPS) is 12.2. The molecule has 0 bridgehead atoms.